The molecule has 0 amide bonds. The lowest BCUT2D eigenvalue weighted by atomic mass is 10.0. The second-order valence-electron chi connectivity index (χ2n) is 8.69. The lowest BCUT2D eigenvalue weighted by Crippen LogP contribution is -2.33. The fourth-order valence-corrected chi connectivity index (χ4v) is 4.81. The Hall–Kier alpha value is -3.86. The highest BCUT2D eigenvalue weighted by molar-refractivity contribution is 5.78. The van der Waals surface area contributed by atoms with Gasteiger partial charge in [-0.25, -0.2) is 0 Å². The predicted molar refractivity (Wildman–Crippen MR) is 129 cm³/mol. The topological polar surface area (TPSA) is 8.29 Å². The molecule has 0 fully saturated rings. The molecule has 5 rings (SSSR count). The summed E-state index contributed by atoms with van der Waals surface area (Å²) in [5, 5.41) is 0. The van der Waals surface area contributed by atoms with E-state index in [1.165, 1.54) is 5.56 Å². The molecule has 0 aliphatic carbocycles. The van der Waals surface area contributed by atoms with Gasteiger partial charge in [0.1, 0.15) is 11.4 Å². The molecule has 0 atom stereocenters. The van der Waals surface area contributed by atoms with E-state index in [0.29, 0.717) is 0 Å². The monoisotopic (exact) mass is 457 g/mol. The zero-order chi connectivity index (χ0) is 24.0. The van der Waals surface area contributed by atoms with Gasteiger partial charge in [0.25, 0.3) is 6.33 Å². The fraction of sp³-hybridized carbons (Fsp3) is 0.138. The van der Waals surface area contributed by atoms with Crippen LogP contribution in [-0.4, -0.2) is 4.40 Å². The molecule has 0 saturated carbocycles. The molecule has 2 heterocycles. The van der Waals surface area contributed by atoms with Crippen molar-refractivity contribution < 1.29 is 17.7 Å². The fourth-order valence-electron chi connectivity index (χ4n) is 4.81. The number of hydrogen-bond donors (Lipinski definition) is 0. The number of aromatic nitrogens is 2. The third-order valence-corrected chi connectivity index (χ3v) is 6.17. The Morgan fingerprint density at radius 3 is 1.97 bits per heavy atom. The number of aryl methyl sites for hydroxylation is 3. The van der Waals surface area contributed by atoms with Crippen LogP contribution in [0, 0.1) is 20.8 Å². The van der Waals surface area contributed by atoms with Gasteiger partial charge in [0.15, 0.2) is 11.2 Å². The van der Waals surface area contributed by atoms with Crippen molar-refractivity contribution >= 4 is 5.52 Å². The first-order valence-electron chi connectivity index (χ1n) is 11.1. The molecule has 2 nitrogen and oxygen atoms in total. The summed E-state index contributed by atoms with van der Waals surface area (Å²) in [6.07, 6.45) is -2.34. The molecule has 0 aliphatic rings. The normalized spacial score (nSPS) is 11.8. The van der Waals surface area contributed by atoms with E-state index in [1.807, 2.05) is 36.7 Å². The Balaban J connectivity index is 1.84. The molecule has 0 radical (unpaired) electrons. The molecule has 5 heteroatoms. The number of halogens is 3. The van der Waals surface area contributed by atoms with Crippen molar-refractivity contribution in [2.75, 3.05) is 0 Å². The molecule has 0 unspecified atom stereocenters. The minimum Gasteiger partial charge on any atom is -0.194 e. The van der Waals surface area contributed by atoms with Gasteiger partial charge in [0.05, 0.1) is 5.56 Å². The van der Waals surface area contributed by atoms with Gasteiger partial charge in [-0.2, -0.15) is 22.1 Å². The van der Waals surface area contributed by atoms with Crippen LogP contribution in [0.1, 0.15) is 22.3 Å². The predicted octanol–water partition coefficient (Wildman–Crippen LogP) is 7.49. The Morgan fingerprint density at radius 1 is 0.706 bits per heavy atom. The number of alkyl halides is 3. The van der Waals surface area contributed by atoms with Crippen LogP contribution in [0.3, 0.4) is 0 Å². The Morgan fingerprint density at radius 2 is 1.35 bits per heavy atom. The highest BCUT2D eigenvalue weighted by atomic mass is 19.4. The smallest absolute Gasteiger partial charge is 0.194 e. The molecule has 0 N–H and O–H groups in total. The number of fused-ring (bicyclic) bond motifs is 1. The van der Waals surface area contributed by atoms with E-state index in [0.717, 1.165) is 57.0 Å². The van der Waals surface area contributed by atoms with E-state index in [2.05, 4.69) is 60.1 Å². The summed E-state index contributed by atoms with van der Waals surface area (Å²) in [5.74, 6) is 0. The van der Waals surface area contributed by atoms with Crippen molar-refractivity contribution in [3.05, 3.63) is 114 Å². The van der Waals surface area contributed by atoms with E-state index in [-0.39, 0.29) is 0 Å². The molecule has 0 spiro atoms. The lowest BCUT2D eigenvalue weighted by Gasteiger charge is -2.11. The highest BCUT2D eigenvalue weighted by Crippen LogP contribution is 2.33. The number of nitrogens with zero attached hydrogens (tertiary/aromatic N) is 2. The van der Waals surface area contributed by atoms with Gasteiger partial charge in [-0.3, -0.25) is 0 Å². The largest absolute Gasteiger partial charge is 0.416 e. The van der Waals surface area contributed by atoms with Crippen LogP contribution in [0.2, 0.25) is 0 Å². The summed E-state index contributed by atoms with van der Waals surface area (Å²) in [6, 6.07) is 25.8. The van der Waals surface area contributed by atoms with Gasteiger partial charge in [-0.15, -0.1) is 0 Å². The van der Waals surface area contributed by atoms with Crippen molar-refractivity contribution in [1.82, 2.24) is 4.40 Å². The van der Waals surface area contributed by atoms with Gasteiger partial charge >= 0.3 is 6.18 Å². The van der Waals surface area contributed by atoms with Crippen molar-refractivity contribution in [1.29, 1.82) is 0 Å². The number of imidazole rings is 1. The maximum atomic E-state index is 13.2. The summed E-state index contributed by atoms with van der Waals surface area (Å²) >= 11 is 0. The third kappa shape index (κ3) is 3.77. The van der Waals surface area contributed by atoms with Crippen molar-refractivity contribution in [3.8, 4) is 28.2 Å². The summed E-state index contributed by atoms with van der Waals surface area (Å²) in [6.45, 7) is 6.20. The zero-order valence-electron chi connectivity index (χ0n) is 19.2. The van der Waals surface area contributed by atoms with Crippen LogP contribution < -0.4 is 4.57 Å². The number of benzene rings is 3. The van der Waals surface area contributed by atoms with Gasteiger partial charge in [-0.05, 0) is 68.3 Å². The molecule has 5 aromatic rings. The average Bonchev–Trinajstić information content (AvgIpc) is 3.17. The first-order valence-corrected chi connectivity index (χ1v) is 11.1. The molecule has 0 aliphatic heterocycles. The standard InChI is InChI=1S/C29H24F3N2/c1-19-16-20(2)27(21(3)17-19)34-18-33-25(22-8-5-4-6-9-22)10-7-11-26(33)28(34)23-12-14-24(15-13-23)29(30,31)32/h4-18H,1-3H3/q+1. The summed E-state index contributed by atoms with van der Waals surface area (Å²) < 4.78 is 43.9. The Bertz CT molecular complexity index is 1470. The van der Waals surface area contributed by atoms with Crippen molar-refractivity contribution in [2.24, 2.45) is 0 Å². The first kappa shape index (κ1) is 22.0. The van der Waals surface area contributed by atoms with Crippen LogP contribution in [0.5, 0.6) is 0 Å². The van der Waals surface area contributed by atoms with Crippen LogP contribution >= 0.6 is 0 Å². The SMILES string of the molecule is Cc1cc(C)c(-[n+]2cn3c(-c4ccccc4)cccc3c2-c2ccc(C(F)(F)F)cc2)c(C)c1. The van der Waals surface area contributed by atoms with Crippen molar-refractivity contribution in [2.45, 2.75) is 26.9 Å². The maximum Gasteiger partial charge on any atom is 0.416 e. The van der Waals surface area contributed by atoms with Crippen LogP contribution in [-0.2, 0) is 6.18 Å². The van der Waals surface area contributed by atoms with E-state index in [4.69, 9.17) is 0 Å². The summed E-state index contributed by atoms with van der Waals surface area (Å²) in [4.78, 5) is 0. The molecule has 2 aromatic heterocycles. The lowest BCUT2D eigenvalue weighted by molar-refractivity contribution is -0.583. The Kier molecular flexibility index (Phi) is 5.28. The van der Waals surface area contributed by atoms with Gasteiger partial charge in [0, 0.05) is 11.1 Å². The number of hydrogen-bond acceptors (Lipinski definition) is 0. The molecule has 34 heavy (non-hydrogen) atoms. The maximum absolute atomic E-state index is 13.2. The Labute approximate surface area is 196 Å². The second-order valence-corrected chi connectivity index (χ2v) is 8.69. The number of rotatable bonds is 3. The van der Waals surface area contributed by atoms with Crippen LogP contribution in [0.25, 0.3) is 33.7 Å². The first-order chi connectivity index (χ1) is 16.2. The van der Waals surface area contributed by atoms with Crippen molar-refractivity contribution in [3.63, 3.8) is 0 Å². The van der Waals surface area contributed by atoms with E-state index in [9.17, 15) is 13.2 Å². The number of pyridine rings is 1. The molecule has 3 aromatic carbocycles. The van der Waals surface area contributed by atoms with Crippen LogP contribution in [0.4, 0.5) is 13.2 Å². The summed E-state index contributed by atoms with van der Waals surface area (Å²) in [5.41, 5.74) is 8.31. The van der Waals surface area contributed by atoms with E-state index < -0.39 is 11.7 Å². The van der Waals surface area contributed by atoms with Crippen LogP contribution in [0.15, 0.2) is 91.3 Å². The quantitative estimate of drug-likeness (QED) is 0.248. The molecular weight excluding hydrogens is 433 g/mol. The molecule has 0 bridgehead atoms. The minimum atomic E-state index is -4.37. The minimum absolute atomic E-state index is 0.654. The van der Waals surface area contributed by atoms with Gasteiger partial charge < -0.3 is 0 Å². The zero-order valence-corrected chi connectivity index (χ0v) is 19.2. The van der Waals surface area contributed by atoms with E-state index in [1.54, 1.807) is 12.1 Å². The highest BCUT2D eigenvalue weighted by Gasteiger charge is 2.31. The third-order valence-electron chi connectivity index (χ3n) is 6.17. The molecule has 170 valence electrons. The van der Waals surface area contributed by atoms with E-state index >= 15 is 0 Å². The molecular formula is C29H24F3N2+. The van der Waals surface area contributed by atoms with Gasteiger partial charge in [-0.1, -0.05) is 54.1 Å². The van der Waals surface area contributed by atoms with Gasteiger partial charge in [0.2, 0.25) is 0 Å². The second kappa shape index (κ2) is 8.17. The summed E-state index contributed by atoms with van der Waals surface area (Å²) in [7, 11) is 0. The molecule has 0 saturated heterocycles. The average molecular weight is 458 g/mol.